The molecule has 5 nitrogen and oxygen atoms in total. The number of hydrogen-bond acceptors (Lipinski definition) is 3. The van der Waals surface area contributed by atoms with E-state index >= 15 is 0 Å². The molecular formula is C17H17N3O2. The Morgan fingerprint density at radius 3 is 2.95 bits per heavy atom. The summed E-state index contributed by atoms with van der Waals surface area (Å²) < 4.78 is 5.36. The molecule has 5 heteroatoms. The summed E-state index contributed by atoms with van der Waals surface area (Å²) in [5.74, 6) is 2.21. The molecule has 0 fully saturated rings. The van der Waals surface area contributed by atoms with Gasteiger partial charge in [-0.25, -0.2) is 4.98 Å². The number of aromatic amines is 1. The second-order valence-electron chi connectivity index (χ2n) is 5.02. The molecule has 3 rings (SSSR count). The van der Waals surface area contributed by atoms with Crippen LogP contribution >= 0.6 is 0 Å². The van der Waals surface area contributed by atoms with Crippen LogP contribution in [-0.4, -0.2) is 22.4 Å². The van der Waals surface area contributed by atoms with Crippen LogP contribution in [0, 0.1) is 6.92 Å². The summed E-state index contributed by atoms with van der Waals surface area (Å²) >= 11 is 0. The van der Waals surface area contributed by atoms with Crippen LogP contribution in [0.2, 0.25) is 0 Å². The van der Waals surface area contributed by atoms with Gasteiger partial charge in [0, 0.05) is 19.0 Å². The predicted octanol–water partition coefficient (Wildman–Crippen LogP) is 2.84. The minimum Gasteiger partial charge on any atom is -0.462 e. The average Bonchev–Trinajstić information content (AvgIpc) is 3.10. The number of hydrogen-bond donors (Lipinski definition) is 2. The van der Waals surface area contributed by atoms with Gasteiger partial charge in [-0.1, -0.05) is 12.1 Å². The summed E-state index contributed by atoms with van der Waals surface area (Å²) in [5, 5.41) is 2.83. The number of amides is 1. The zero-order chi connectivity index (χ0) is 15.4. The molecule has 0 atom stereocenters. The summed E-state index contributed by atoms with van der Waals surface area (Å²) in [6, 6.07) is 11.6. The highest BCUT2D eigenvalue weighted by atomic mass is 16.3. The summed E-state index contributed by atoms with van der Waals surface area (Å²) in [6.45, 7) is 2.39. The molecule has 0 bridgehead atoms. The van der Waals surface area contributed by atoms with E-state index in [0.717, 1.165) is 22.6 Å². The molecule has 112 valence electrons. The van der Waals surface area contributed by atoms with Crippen LogP contribution in [0.3, 0.4) is 0 Å². The first kappa shape index (κ1) is 14.1. The number of H-pyrrole nitrogens is 1. The molecule has 0 unspecified atom stereocenters. The van der Waals surface area contributed by atoms with Crippen molar-refractivity contribution < 1.29 is 9.21 Å². The first-order valence-corrected chi connectivity index (χ1v) is 7.17. The molecule has 0 saturated heterocycles. The van der Waals surface area contributed by atoms with E-state index in [9.17, 15) is 4.79 Å². The monoisotopic (exact) mass is 295 g/mol. The Morgan fingerprint density at radius 2 is 2.18 bits per heavy atom. The van der Waals surface area contributed by atoms with Crippen molar-refractivity contribution in [3.8, 4) is 0 Å². The van der Waals surface area contributed by atoms with E-state index in [0.29, 0.717) is 18.7 Å². The topological polar surface area (TPSA) is 70.9 Å². The highest BCUT2D eigenvalue weighted by molar-refractivity contribution is 5.91. The van der Waals surface area contributed by atoms with Crippen LogP contribution in [0.25, 0.3) is 17.1 Å². The molecule has 2 N–H and O–H groups in total. The number of nitrogens with one attached hydrogen (secondary N) is 2. The van der Waals surface area contributed by atoms with Crippen LogP contribution in [0.5, 0.6) is 0 Å². The van der Waals surface area contributed by atoms with E-state index in [1.807, 2.05) is 43.3 Å². The number of benzene rings is 1. The van der Waals surface area contributed by atoms with Crippen molar-refractivity contribution in [1.29, 1.82) is 0 Å². The van der Waals surface area contributed by atoms with Gasteiger partial charge in [0.2, 0.25) is 5.91 Å². The van der Waals surface area contributed by atoms with E-state index in [1.165, 1.54) is 6.08 Å². The molecule has 2 aromatic heterocycles. The molecule has 0 aliphatic rings. The highest BCUT2D eigenvalue weighted by Crippen LogP contribution is 2.10. The molecule has 0 spiro atoms. The van der Waals surface area contributed by atoms with Gasteiger partial charge >= 0.3 is 0 Å². The lowest BCUT2D eigenvalue weighted by atomic mass is 10.3. The number of furan rings is 1. The maximum absolute atomic E-state index is 11.7. The van der Waals surface area contributed by atoms with Crippen LogP contribution in [0.15, 0.2) is 46.9 Å². The fraction of sp³-hybridized carbons (Fsp3) is 0.176. The fourth-order valence-corrected chi connectivity index (χ4v) is 2.19. The summed E-state index contributed by atoms with van der Waals surface area (Å²) in [5.41, 5.74) is 1.95. The zero-order valence-electron chi connectivity index (χ0n) is 12.3. The molecule has 2 heterocycles. The number of aromatic nitrogens is 2. The predicted molar refractivity (Wildman–Crippen MR) is 85.3 cm³/mol. The molecule has 0 aliphatic heterocycles. The third-order valence-corrected chi connectivity index (χ3v) is 3.26. The number of para-hydroxylation sites is 2. The van der Waals surface area contributed by atoms with E-state index < -0.39 is 0 Å². The minimum atomic E-state index is -0.148. The third kappa shape index (κ3) is 3.44. The van der Waals surface area contributed by atoms with Crippen LogP contribution in [0.1, 0.15) is 17.3 Å². The Kier molecular flexibility index (Phi) is 4.05. The number of imidazole rings is 1. The van der Waals surface area contributed by atoms with Crippen LogP contribution < -0.4 is 5.32 Å². The summed E-state index contributed by atoms with van der Waals surface area (Å²) in [6.07, 6.45) is 3.79. The number of carbonyl (C=O) groups is 1. The number of carbonyl (C=O) groups excluding carboxylic acids is 1. The van der Waals surface area contributed by atoms with Crippen molar-refractivity contribution in [2.75, 3.05) is 6.54 Å². The van der Waals surface area contributed by atoms with Crippen molar-refractivity contribution >= 4 is 23.0 Å². The molecule has 0 radical (unpaired) electrons. The van der Waals surface area contributed by atoms with E-state index in [1.54, 1.807) is 6.08 Å². The van der Waals surface area contributed by atoms with Gasteiger partial charge in [0.25, 0.3) is 0 Å². The van der Waals surface area contributed by atoms with Crippen LogP contribution in [0.4, 0.5) is 0 Å². The fourth-order valence-electron chi connectivity index (χ4n) is 2.19. The average molecular weight is 295 g/mol. The van der Waals surface area contributed by atoms with Gasteiger partial charge in [-0.3, -0.25) is 4.79 Å². The van der Waals surface area contributed by atoms with E-state index in [2.05, 4.69) is 15.3 Å². The highest BCUT2D eigenvalue weighted by Gasteiger charge is 2.02. The zero-order valence-corrected chi connectivity index (χ0v) is 12.3. The van der Waals surface area contributed by atoms with Crippen LogP contribution in [-0.2, 0) is 11.2 Å². The van der Waals surface area contributed by atoms with Gasteiger partial charge in [0.1, 0.15) is 17.3 Å². The van der Waals surface area contributed by atoms with Gasteiger partial charge in [-0.05, 0) is 37.3 Å². The molecule has 0 saturated carbocycles. The second-order valence-corrected chi connectivity index (χ2v) is 5.02. The largest absolute Gasteiger partial charge is 0.462 e. The Balaban J connectivity index is 1.50. The smallest absolute Gasteiger partial charge is 0.244 e. The Morgan fingerprint density at radius 1 is 1.32 bits per heavy atom. The Bertz CT molecular complexity index is 781. The van der Waals surface area contributed by atoms with Crippen molar-refractivity contribution in [2.24, 2.45) is 0 Å². The Labute approximate surface area is 128 Å². The number of aryl methyl sites for hydroxylation is 1. The van der Waals surface area contributed by atoms with Crippen molar-refractivity contribution in [3.05, 3.63) is 59.8 Å². The first-order valence-electron chi connectivity index (χ1n) is 7.17. The maximum atomic E-state index is 11.7. The molecule has 22 heavy (non-hydrogen) atoms. The molecule has 1 amide bonds. The molecule has 1 aromatic carbocycles. The van der Waals surface area contributed by atoms with E-state index in [-0.39, 0.29) is 5.91 Å². The van der Waals surface area contributed by atoms with Crippen molar-refractivity contribution in [2.45, 2.75) is 13.3 Å². The van der Waals surface area contributed by atoms with Crippen molar-refractivity contribution in [1.82, 2.24) is 15.3 Å². The first-order chi connectivity index (χ1) is 10.7. The van der Waals surface area contributed by atoms with Gasteiger partial charge < -0.3 is 14.7 Å². The summed E-state index contributed by atoms with van der Waals surface area (Å²) in [7, 11) is 0. The van der Waals surface area contributed by atoms with Gasteiger partial charge in [-0.2, -0.15) is 0 Å². The molecular weight excluding hydrogens is 278 g/mol. The second kappa shape index (κ2) is 6.30. The normalized spacial score (nSPS) is 11.3. The summed E-state index contributed by atoms with van der Waals surface area (Å²) in [4.78, 5) is 19.4. The SMILES string of the molecule is Cc1ccc(/C=C/C(=O)NCCc2nc3ccccc3[nH]2)o1. The van der Waals surface area contributed by atoms with Gasteiger partial charge in [-0.15, -0.1) is 0 Å². The standard InChI is InChI=1S/C17H17N3O2/c1-12-6-7-13(22-12)8-9-17(21)18-11-10-16-19-14-4-2-3-5-15(14)20-16/h2-9H,10-11H2,1H3,(H,18,21)(H,19,20)/b9-8+. The third-order valence-electron chi connectivity index (χ3n) is 3.26. The molecule has 3 aromatic rings. The number of nitrogens with zero attached hydrogens (tertiary/aromatic N) is 1. The molecule has 0 aliphatic carbocycles. The van der Waals surface area contributed by atoms with Gasteiger partial charge in [0.05, 0.1) is 11.0 Å². The Hall–Kier alpha value is -2.82. The number of fused-ring (bicyclic) bond motifs is 1. The number of rotatable bonds is 5. The minimum absolute atomic E-state index is 0.148. The lowest BCUT2D eigenvalue weighted by Crippen LogP contribution is -2.23. The maximum Gasteiger partial charge on any atom is 0.244 e. The van der Waals surface area contributed by atoms with E-state index in [4.69, 9.17) is 4.42 Å². The lowest BCUT2D eigenvalue weighted by molar-refractivity contribution is -0.116. The quantitative estimate of drug-likeness (QED) is 0.711. The van der Waals surface area contributed by atoms with Gasteiger partial charge in [0.15, 0.2) is 0 Å². The lowest BCUT2D eigenvalue weighted by Gasteiger charge is -1.99. The van der Waals surface area contributed by atoms with Crippen molar-refractivity contribution in [3.63, 3.8) is 0 Å².